The van der Waals surface area contributed by atoms with Gasteiger partial charge in [-0.25, -0.2) is 9.97 Å². The molecule has 1 atom stereocenters. The monoisotopic (exact) mass is 270 g/mol. The standard InChI is InChI=1S/C15H18N4O/c1-11(12-3-4-12)18(2)15(20)13-5-6-14(17-9-13)19-8-7-16-10-19/h5-12H,3-4H2,1-2H3/t11-/m1/s1. The van der Waals surface area contributed by atoms with Crippen LogP contribution in [0.25, 0.3) is 5.82 Å². The van der Waals surface area contributed by atoms with Crippen molar-refractivity contribution in [3.8, 4) is 5.82 Å². The maximum absolute atomic E-state index is 12.4. The van der Waals surface area contributed by atoms with Crippen molar-refractivity contribution in [2.75, 3.05) is 7.05 Å². The average Bonchev–Trinajstić information content (AvgIpc) is 3.20. The molecular formula is C15H18N4O. The van der Waals surface area contributed by atoms with Gasteiger partial charge in [0, 0.05) is 31.7 Å². The summed E-state index contributed by atoms with van der Waals surface area (Å²) in [5.41, 5.74) is 0.629. The van der Waals surface area contributed by atoms with Gasteiger partial charge in [-0.1, -0.05) is 0 Å². The van der Waals surface area contributed by atoms with E-state index in [-0.39, 0.29) is 5.91 Å². The van der Waals surface area contributed by atoms with Crippen LogP contribution in [0.15, 0.2) is 37.1 Å². The van der Waals surface area contributed by atoms with Crippen molar-refractivity contribution in [3.63, 3.8) is 0 Å². The molecule has 1 amide bonds. The highest BCUT2D eigenvalue weighted by Crippen LogP contribution is 2.35. The largest absolute Gasteiger partial charge is 0.339 e. The van der Waals surface area contributed by atoms with Crippen LogP contribution >= 0.6 is 0 Å². The molecule has 1 aliphatic carbocycles. The molecule has 0 N–H and O–H groups in total. The first-order valence-corrected chi connectivity index (χ1v) is 6.88. The number of pyridine rings is 1. The van der Waals surface area contributed by atoms with Crippen LogP contribution in [0.1, 0.15) is 30.1 Å². The number of nitrogens with zero attached hydrogens (tertiary/aromatic N) is 4. The molecule has 2 aromatic heterocycles. The second kappa shape index (κ2) is 5.07. The maximum atomic E-state index is 12.4. The van der Waals surface area contributed by atoms with Crippen LogP contribution < -0.4 is 0 Å². The molecule has 20 heavy (non-hydrogen) atoms. The molecule has 0 unspecified atom stereocenters. The molecule has 0 bridgehead atoms. The summed E-state index contributed by atoms with van der Waals surface area (Å²) in [6.07, 6.45) is 9.31. The Bertz CT molecular complexity index is 587. The van der Waals surface area contributed by atoms with Crippen molar-refractivity contribution in [3.05, 3.63) is 42.6 Å². The Morgan fingerprint density at radius 2 is 2.25 bits per heavy atom. The second-order valence-corrected chi connectivity index (χ2v) is 5.37. The van der Waals surface area contributed by atoms with E-state index < -0.39 is 0 Å². The van der Waals surface area contributed by atoms with Crippen molar-refractivity contribution in [1.82, 2.24) is 19.4 Å². The molecule has 1 aliphatic rings. The minimum Gasteiger partial charge on any atom is -0.339 e. The molecule has 1 saturated carbocycles. The van der Waals surface area contributed by atoms with Crippen molar-refractivity contribution < 1.29 is 4.79 Å². The van der Waals surface area contributed by atoms with Gasteiger partial charge in [-0.15, -0.1) is 0 Å². The fraction of sp³-hybridized carbons (Fsp3) is 0.400. The van der Waals surface area contributed by atoms with Gasteiger partial charge in [0.15, 0.2) is 0 Å². The highest BCUT2D eigenvalue weighted by atomic mass is 16.2. The molecule has 0 saturated heterocycles. The smallest absolute Gasteiger partial charge is 0.255 e. The zero-order valence-electron chi connectivity index (χ0n) is 11.7. The Morgan fingerprint density at radius 1 is 1.45 bits per heavy atom. The normalized spacial score (nSPS) is 15.9. The van der Waals surface area contributed by atoms with Crippen molar-refractivity contribution in [2.24, 2.45) is 5.92 Å². The zero-order chi connectivity index (χ0) is 14.1. The molecule has 0 aromatic carbocycles. The SMILES string of the molecule is C[C@H](C1CC1)N(C)C(=O)c1ccc(-n2ccnc2)nc1. The summed E-state index contributed by atoms with van der Waals surface area (Å²) in [5.74, 6) is 1.47. The minimum absolute atomic E-state index is 0.0362. The van der Waals surface area contributed by atoms with Gasteiger partial charge in [-0.3, -0.25) is 9.36 Å². The quantitative estimate of drug-likeness (QED) is 0.855. The summed E-state index contributed by atoms with van der Waals surface area (Å²) >= 11 is 0. The number of hydrogen-bond donors (Lipinski definition) is 0. The maximum Gasteiger partial charge on any atom is 0.255 e. The number of carbonyl (C=O) groups excluding carboxylic acids is 1. The van der Waals surface area contributed by atoms with Gasteiger partial charge in [0.25, 0.3) is 5.91 Å². The van der Waals surface area contributed by atoms with Crippen molar-refractivity contribution >= 4 is 5.91 Å². The van der Waals surface area contributed by atoms with Crippen LogP contribution in [0.4, 0.5) is 0 Å². The van der Waals surface area contributed by atoms with E-state index in [2.05, 4.69) is 16.9 Å². The summed E-state index contributed by atoms with van der Waals surface area (Å²) in [4.78, 5) is 22.5. The lowest BCUT2D eigenvalue weighted by Crippen LogP contribution is -2.36. The van der Waals surface area contributed by atoms with E-state index in [0.29, 0.717) is 17.5 Å². The first-order valence-electron chi connectivity index (χ1n) is 6.88. The molecule has 2 heterocycles. The molecule has 2 aromatic rings. The van der Waals surface area contributed by atoms with Gasteiger partial charge < -0.3 is 4.90 Å². The van der Waals surface area contributed by atoms with E-state index >= 15 is 0 Å². The van der Waals surface area contributed by atoms with E-state index in [0.717, 1.165) is 5.82 Å². The Balaban J connectivity index is 1.75. The van der Waals surface area contributed by atoms with Crippen molar-refractivity contribution in [2.45, 2.75) is 25.8 Å². The highest BCUT2D eigenvalue weighted by molar-refractivity contribution is 5.94. The van der Waals surface area contributed by atoms with Crippen LogP contribution in [0, 0.1) is 5.92 Å². The molecule has 1 fully saturated rings. The number of aromatic nitrogens is 3. The summed E-state index contributed by atoms with van der Waals surface area (Å²) < 4.78 is 1.81. The van der Waals surface area contributed by atoms with Crippen LogP contribution in [0.5, 0.6) is 0 Å². The van der Waals surface area contributed by atoms with Gasteiger partial charge >= 0.3 is 0 Å². The third-order valence-corrected chi connectivity index (χ3v) is 4.00. The number of rotatable bonds is 4. The molecule has 5 nitrogen and oxygen atoms in total. The Morgan fingerprint density at radius 3 is 2.80 bits per heavy atom. The summed E-state index contributed by atoms with van der Waals surface area (Å²) in [6, 6.07) is 3.96. The van der Waals surface area contributed by atoms with Crippen LogP contribution in [-0.2, 0) is 0 Å². The summed E-state index contributed by atoms with van der Waals surface area (Å²) in [5, 5.41) is 0. The molecule has 3 rings (SSSR count). The predicted molar refractivity (Wildman–Crippen MR) is 75.6 cm³/mol. The van der Waals surface area contributed by atoms with Gasteiger partial charge in [0.2, 0.25) is 0 Å². The molecular weight excluding hydrogens is 252 g/mol. The van der Waals surface area contributed by atoms with Gasteiger partial charge in [0.05, 0.1) is 5.56 Å². The lowest BCUT2D eigenvalue weighted by Gasteiger charge is -2.24. The first kappa shape index (κ1) is 12.8. The topological polar surface area (TPSA) is 51.0 Å². The fourth-order valence-corrected chi connectivity index (χ4v) is 2.34. The van der Waals surface area contributed by atoms with Gasteiger partial charge in [-0.05, 0) is 37.8 Å². The van der Waals surface area contributed by atoms with Gasteiger partial charge in [-0.2, -0.15) is 0 Å². The Kier molecular flexibility index (Phi) is 3.26. The van der Waals surface area contributed by atoms with Crippen molar-refractivity contribution in [1.29, 1.82) is 0 Å². The number of amides is 1. The summed E-state index contributed by atoms with van der Waals surface area (Å²) in [7, 11) is 1.87. The van der Waals surface area contributed by atoms with E-state index in [4.69, 9.17) is 0 Å². The molecule has 5 heteroatoms. The van der Waals surface area contributed by atoms with Crippen LogP contribution in [0.2, 0.25) is 0 Å². The highest BCUT2D eigenvalue weighted by Gasteiger charge is 2.32. The Labute approximate surface area is 118 Å². The number of hydrogen-bond acceptors (Lipinski definition) is 3. The molecule has 0 spiro atoms. The number of carbonyl (C=O) groups is 1. The lowest BCUT2D eigenvalue weighted by atomic mass is 10.1. The zero-order valence-corrected chi connectivity index (χ0v) is 11.7. The Hall–Kier alpha value is -2.17. The predicted octanol–water partition coefficient (Wildman–Crippen LogP) is 2.14. The molecule has 0 radical (unpaired) electrons. The third-order valence-electron chi connectivity index (χ3n) is 4.00. The second-order valence-electron chi connectivity index (χ2n) is 5.37. The van der Waals surface area contributed by atoms with E-state index in [1.807, 2.05) is 34.8 Å². The average molecular weight is 270 g/mol. The van der Waals surface area contributed by atoms with Crippen LogP contribution in [-0.4, -0.2) is 38.4 Å². The fourth-order valence-electron chi connectivity index (χ4n) is 2.34. The van der Waals surface area contributed by atoms with Crippen LogP contribution in [0.3, 0.4) is 0 Å². The van der Waals surface area contributed by atoms with Gasteiger partial charge in [0.1, 0.15) is 12.1 Å². The van der Waals surface area contributed by atoms with E-state index in [1.165, 1.54) is 12.8 Å². The van der Waals surface area contributed by atoms with E-state index in [9.17, 15) is 4.79 Å². The third kappa shape index (κ3) is 2.43. The molecule has 0 aliphatic heterocycles. The van der Waals surface area contributed by atoms with E-state index in [1.54, 1.807) is 18.7 Å². The first-order chi connectivity index (χ1) is 9.66. The minimum atomic E-state index is 0.0362. The molecule has 104 valence electrons. The number of imidazole rings is 1. The summed E-state index contributed by atoms with van der Waals surface area (Å²) in [6.45, 7) is 2.11. The lowest BCUT2D eigenvalue weighted by molar-refractivity contribution is 0.0727.